The fraction of sp³-hybridized carbons (Fsp3) is 0.600. The van der Waals surface area contributed by atoms with Crippen molar-refractivity contribution in [3.05, 3.63) is 35.4 Å². The van der Waals surface area contributed by atoms with Crippen LogP contribution in [0.15, 0.2) is 24.3 Å². The van der Waals surface area contributed by atoms with E-state index in [1.165, 1.54) is 43.7 Å². The monoisotopic (exact) mass is 438 g/mol. The molecule has 2 bridgehead atoms. The van der Waals surface area contributed by atoms with E-state index in [0.29, 0.717) is 17.7 Å². The van der Waals surface area contributed by atoms with Gasteiger partial charge < -0.3 is 19.9 Å². The van der Waals surface area contributed by atoms with E-state index in [-0.39, 0.29) is 29.2 Å². The minimum atomic E-state index is -0.556. The number of hydrogen-bond acceptors (Lipinski definition) is 6. The number of likely N-dealkylation sites (tertiary alicyclic amines) is 1. The van der Waals surface area contributed by atoms with Crippen molar-refractivity contribution in [2.24, 2.45) is 11.8 Å². The second kappa shape index (κ2) is 7.24. The molecule has 0 radical (unpaired) electrons. The normalized spacial score (nSPS) is 34.7. The van der Waals surface area contributed by atoms with Crippen molar-refractivity contribution in [2.45, 2.75) is 62.1 Å². The molecule has 1 spiro atoms. The van der Waals surface area contributed by atoms with Crippen LogP contribution < -0.4 is 10.1 Å². The third-order valence-corrected chi connectivity index (χ3v) is 8.52. The molecule has 32 heavy (non-hydrogen) atoms. The van der Waals surface area contributed by atoms with Crippen LogP contribution >= 0.6 is 0 Å². The number of ether oxygens (including phenoxy) is 2. The van der Waals surface area contributed by atoms with Gasteiger partial charge >= 0.3 is 5.97 Å². The number of phenols is 1. The molecule has 1 aromatic carbocycles. The van der Waals surface area contributed by atoms with Gasteiger partial charge in [0.2, 0.25) is 5.91 Å². The van der Waals surface area contributed by atoms with E-state index in [0.717, 1.165) is 44.2 Å². The van der Waals surface area contributed by atoms with Crippen LogP contribution in [-0.4, -0.2) is 60.3 Å². The van der Waals surface area contributed by atoms with Crippen molar-refractivity contribution in [2.75, 3.05) is 20.2 Å². The Balaban J connectivity index is 1.34. The number of nitrogens with zero attached hydrogens (tertiary/aromatic N) is 1. The minimum Gasteiger partial charge on any atom is -0.504 e. The van der Waals surface area contributed by atoms with Gasteiger partial charge in [-0.2, -0.15) is 0 Å². The zero-order chi connectivity index (χ0) is 22.0. The van der Waals surface area contributed by atoms with E-state index in [4.69, 9.17) is 4.74 Å². The van der Waals surface area contributed by atoms with E-state index in [2.05, 4.69) is 21.0 Å². The number of carbonyl (C=O) groups is 2. The lowest BCUT2D eigenvalue weighted by Crippen LogP contribution is -2.69. The lowest BCUT2D eigenvalue weighted by molar-refractivity contribution is -0.135. The highest BCUT2D eigenvalue weighted by atomic mass is 16.5. The van der Waals surface area contributed by atoms with Crippen molar-refractivity contribution in [3.8, 4) is 11.5 Å². The Bertz CT molecular complexity index is 1000. The van der Waals surface area contributed by atoms with Crippen molar-refractivity contribution >= 4 is 11.9 Å². The summed E-state index contributed by atoms with van der Waals surface area (Å²) in [5, 5.41) is 13.7. The molecule has 2 heterocycles. The predicted octanol–water partition coefficient (Wildman–Crippen LogP) is 2.06. The third kappa shape index (κ3) is 2.90. The predicted molar refractivity (Wildman–Crippen MR) is 116 cm³/mol. The largest absolute Gasteiger partial charge is 0.504 e. The van der Waals surface area contributed by atoms with E-state index in [1.807, 2.05) is 0 Å². The number of rotatable bonds is 5. The fourth-order valence-corrected chi connectivity index (χ4v) is 7.08. The average Bonchev–Trinajstić information content (AvgIpc) is 3.54. The van der Waals surface area contributed by atoms with E-state index < -0.39 is 5.97 Å². The SMILES string of the molecule is COC(=O)/C=C/C(=O)N[C@@H]1CCC2C3Cc4ccc(O)c5c4C2(CCN3CC2CC2)[C@H]1O5. The van der Waals surface area contributed by atoms with E-state index in [1.54, 1.807) is 6.07 Å². The van der Waals surface area contributed by atoms with E-state index in [9.17, 15) is 14.7 Å². The van der Waals surface area contributed by atoms with Crippen molar-refractivity contribution < 1.29 is 24.2 Å². The summed E-state index contributed by atoms with van der Waals surface area (Å²) in [6.45, 7) is 2.23. The molecule has 7 nitrogen and oxygen atoms in total. The summed E-state index contributed by atoms with van der Waals surface area (Å²) in [4.78, 5) is 26.6. The lowest BCUT2D eigenvalue weighted by Gasteiger charge is -2.59. The number of methoxy groups -OCH3 is 1. The second-order valence-corrected chi connectivity index (χ2v) is 10.1. The lowest BCUT2D eigenvalue weighted by atomic mass is 9.51. The van der Waals surface area contributed by atoms with Gasteiger partial charge in [-0.25, -0.2) is 4.79 Å². The molecule has 1 amide bonds. The van der Waals surface area contributed by atoms with Crippen LogP contribution in [0.5, 0.6) is 11.5 Å². The number of amides is 1. The number of aromatic hydroxyl groups is 1. The maximum absolute atomic E-state index is 12.6. The van der Waals surface area contributed by atoms with Crippen molar-refractivity contribution in [1.29, 1.82) is 0 Å². The highest BCUT2D eigenvalue weighted by molar-refractivity contribution is 5.94. The third-order valence-electron chi connectivity index (χ3n) is 8.52. The minimum absolute atomic E-state index is 0.172. The number of hydrogen-bond donors (Lipinski definition) is 2. The highest BCUT2D eigenvalue weighted by Gasteiger charge is 2.66. The van der Waals surface area contributed by atoms with Crippen LogP contribution in [0, 0.1) is 11.8 Å². The molecule has 1 aromatic rings. The van der Waals surface area contributed by atoms with Crippen LogP contribution in [0.25, 0.3) is 0 Å². The summed E-state index contributed by atoms with van der Waals surface area (Å²) in [7, 11) is 1.29. The standard InChI is InChI=1S/C25H30N2O5/c1-31-21(30)9-8-20(29)26-17-6-5-16-18-12-15-4-7-19(28)23-22(15)25(16,24(17)32-23)10-11-27(18)13-14-2-3-14/h4,7-9,14,16-18,24,28H,2-3,5-6,10-13H2,1H3,(H,26,29)/b9-8+/t16?,17-,18?,24+,25?/m1/s1. The van der Waals surface area contributed by atoms with Gasteiger partial charge in [-0.3, -0.25) is 9.69 Å². The molecule has 3 unspecified atom stereocenters. The first-order chi connectivity index (χ1) is 15.5. The molecule has 3 aliphatic carbocycles. The Labute approximate surface area is 187 Å². The molecule has 3 fully saturated rings. The Morgan fingerprint density at radius 1 is 1.28 bits per heavy atom. The molecular weight excluding hydrogens is 408 g/mol. The smallest absolute Gasteiger partial charge is 0.330 e. The van der Waals surface area contributed by atoms with Crippen LogP contribution in [0.3, 0.4) is 0 Å². The molecule has 170 valence electrons. The maximum Gasteiger partial charge on any atom is 0.330 e. The van der Waals surface area contributed by atoms with Gasteiger partial charge in [0.05, 0.1) is 13.2 Å². The Morgan fingerprint density at radius 2 is 2.12 bits per heavy atom. The number of phenolic OH excluding ortho intramolecular Hbond substituents is 1. The van der Waals surface area contributed by atoms with Crippen LogP contribution in [-0.2, 0) is 26.2 Å². The molecule has 5 aliphatic rings. The first kappa shape index (κ1) is 20.1. The topological polar surface area (TPSA) is 88.1 Å². The fourth-order valence-electron chi connectivity index (χ4n) is 7.08. The molecule has 6 rings (SSSR count). The first-order valence-electron chi connectivity index (χ1n) is 11.8. The van der Waals surface area contributed by atoms with Gasteiger partial charge in [0.25, 0.3) is 0 Å². The quantitative estimate of drug-likeness (QED) is 0.541. The summed E-state index contributed by atoms with van der Waals surface area (Å²) < 4.78 is 11.1. The van der Waals surface area contributed by atoms with Crippen molar-refractivity contribution in [1.82, 2.24) is 10.2 Å². The second-order valence-electron chi connectivity index (χ2n) is 10.1. The van der Waals surface area contributed by atoms with Crippen LogP contribution in [0.1, 0.15) is 43.2 Å². The van der Waals surface area contributed by atoms with Crippen LogP contribution in [0.2, 0.25) is 0 Å². The summed E-state index contributed by atoms with van der Waals surface area (Å²) >= 11 is 0. The average molecular weight is 439 g/mol. The van der Waals surface area contributed by atoms with Gasteiger partial charge in [-0.15, -0.1) is 0 Å². The molecule has 2 aliphatic heterocycles. The number of esters is 1. The zero-order valence-corrected chi connectivity index (χ0v) is 18.4. The summed E-state index contributed by atoms with van der Waals surface area (Å²) in [6.07, 6.45) is 8.71. The Kier molecular flexibility index (Phi) is 4.54. The molecule has 5 atom stereocenters. The number of nitrogens with one attached hydrogen (secondary N) is 1. The van der Waals surface area contributed by atoms with Gasteiger partial charge in [-0.1, -0.05) is 6.07 Å². The molecule has 2 saturated carbocycles. The van der Waals surface area contributed by atoms with Gasteiger partial charge in [0.1, 0.15) is 6.10 Å². The molecule has 2 N–H and O–H groups in total. The van der Waals surface area contributed by atoms with Crippen molar-refractivity contribution in [3.63, 3.8) is 0 Å². The van der Waals surface area contributed by atoms with Gasteiger partial charge in [0.15, 0.2) is 11.5 Å². The highest BCUT2D eigenvalue weighted by Crippen LogP contribution is 2.63. The summed E-state index contributed by atoms with van der Waals surface area (Å²) in [5.74, 6) is 1.26. The molecule has 7 heteroatoms. The number of piperidine rings is 1. The van der Waals surface area contributed by atoms with Gasteiger partial charge in [-0.05, 0) is 68.5 Å². The van der Waals surface area contributed by atoms with Crippen LogP contribution in [0.4, 0.5) is 0 Å². The number of carbonyl (C=O) groups excluding carboxylic acids is 2. The molecule has 1 saturated heterocycles. The summed E-state index contributed by atoms with van der Waals surface area (Å²) in [5.41, 5.74) is 2.31. The first-order valence-corrected chi connectivity index (χ1v) is 11.8. The maximum atomic E-state index is 12.6. The summed E-state index contributed by atoms with van der Waals surface area (Å²) in [6, 6.07) is 4.16. The molecular formula is C25H30N2O5. The number of benzene rings is 1. The zero-order valence-electron chi connectivity index (χ0n) is 18.4. The van der Waals surface area contributed by atoms with Gasteiger partial charge in [0, 0.05) is 35.7 Å². The molecule has 0 aromatic heterocycles. The Hall–Kier alpha value is -2.54. The Morgan fingerprint density at radius 3 is 2.91 bits per heavy atom. The van der Waals surface area contributed by atoms with E-state index >= 15 is 0 Å².